The van der Waals surface area contributed by atoms with Crippen LogP contribution >= 0.6 is 11.8 Å². The lowest BCUT2D eigenvalue weighted by atomic mass is 10.3. The molecule has 7 heteroatoms. The van der Waals surface area contributed by atoms with E-state index in [9.17, 15) is 4.39 Å². The number of thioether (sulfide) groups is 1. The summed E-state index contributed by atoms with van der Waals surface area (Å²) in [6.45, 7) is 2.89. The number of rotatable bonds is 5. The zero-order valence-corrected chi connectivity index (χ0v) is 14.0. The van der Waals surface area contributed by atoms with Crippen LogP contribution in [0.3, 0.4) is 0 Å². The molecule has 23 heavy (non-hydrogen) atoms. The van der Waals surface area contributed by atoms with Crippen molar-refractivity contribution in [2.45, 2.75) is 43.1 Å². The van der Waals surface area contributed by atoms with Crippen LogP contribution in [-0.2, 0) is 19.3 Å². The first-order valence-corrected chi connectivity index (χ1v) is 8.82. The highest BCUT2D eigenvalue weighted by atomic mass is 32.2. The van der Waals surface area contributed by atoms with Crippen LogP contribution in [0.5, 0.6) is 0 Å². The fraction of sp³-hybridized carbons (Fsp3) is 0.438. The number of benzene rings is 1. The number of aryl methyl sites for hydroxylation is 1. The molecule has 0 unspecified atom stereocenters. The average Bonchev–Trinajstić information content (AvgIpc) is 3.22. The van der Waals surface area contributed by atoms with Crippen LogP contribution in [-0.4, -0.2) is 24.3 Å². The minimum absolute atomic E-state index is 0.250. The second-order valence-electron chi connectivity index (χ2n) is 5.87. The number of hydrogen-bond donors (Lipinski definition) is 0. The van der Waals surface area contributed by atoms with E-state index in [0.717, 1.165) is 28.9 Å². The van der Waals surface area contributed by atoms with Gasteiger partial charge in [0.1, 0.15) is 17.5 Å². The summed E-state index contributed by atoms with van der Waals surface area (Å²) >= 11 is 1.63. The Kier molecular flexibility index (Phi) is 3.60. The third-order valence-corrected chi connectivity index (χ3v) is 5.26. The molecular weight excluding hydrogens is 313 g/mol. The van der Waals surface area contributed by atoms with Gasteiger partial charge in [-0.05, 0) is 31.9 Å². The molecule has 5 nitrogen and oxygen atoms in total. The highest BCUT2D eigenvalue weighted by Gasteiger charge is 2.29. The summed E-state index contributed by atoms with van der Waals surface area (Å²) in [7, 11) is 2.02. The van der Waals surface area contributed by atoms with Crippen molar-refractivity contribution in [3.63, 3.8) is 0 Å². The lowest BCUT2D eigenvalue weighted by molar-refractivity contribution is 0.629. The Morgan fingerprint density at radius 2 is 2.13 bits per heavy atom. The van der Waals surface area contributed by atoms with E-state index < -0.39 is 0 Å². The van der Waals surface area contributed by atoms with Gasteiger partial charge in [-0.25, -0.2) is 9.37 Å². The van der Waals surface area contributed by atoms with Crippen LogP contribution in [0, 0.1) is 5.82 Å². The molecule has 3 aromatic rings. The molecule has 1 aliphatic carbocycles. The normalized spacial score (nSPS) is 14.7. The summed E-state index contributed by atoms with van der Waals surface area (Å²) < 4.78 is 17.6. The van der Waals surface area contributed by atoms with E-state index in [-0.39, 0.29) is 5.82 Å². The molecule has 1 aromatic carbocycles. The highest BCUT2D eigenvalue weighted by molar-refractivity contribution is 7.98. The van der Waals surface area contributed by atoms with Crippen molar-refractivity contribution >= 4 is 22.8 Å². The molecule has 0 N–H and O–H groups in total. The van der Waals surface area contributed by atoms with Crippen molar-refractivity contribution in [1.82, 2.24) is 24.3 Å². The van der Waals surface area contributed by atoms with Crippen molar-refractivity contribution in [2.75, 3.05) is 0 Å². The lowest BCUT2D eigenvalue weighted by Crippen LogP contribution is -2.01. The van der Waals surface area contributed by atoms with Gasteiger partial charge in [-0.3, -0.25) is 0 Å². The first kappa shape index (κ1) is 14.7. The molecule has 0 amide bonds. The van der Waals surface area contributed by atoms with Crippen LogP contribution in [0.2, 0.25) is 0 Å². The molecular formula is C16H18FN5S. The van der Waals surface area contributed by atoms with Gasteiger partial charge < -0.3 is 9.13 Å². The lowest BCUT2D eigenvalue weighted by Gasteiger charge is -2.06. The number of aromatic nitrogens is 5. The summed E-state index contributed by atoms with van der Waals surface area (Å²) in [5.41, 5.74) is 1.68. The summed E-state index contributed by atoms with van der Waals surface area (Å²) in [5.74, 6) is 3.05. The van der Waals surface area contributed by atoms with Crippen molar-refractivity contribution in [1.29, 1.82) is 0 Å². The molecule has 1 fully saturated rings. The average molecular weight is 331 g/mol. The van der Waals surface area contributed by atoms with Crippen LogP contribution in [0.4, 0.5) is 4.39 Å². The molecule has 1 aliphatic rings. The van der Waals surface area contributed by atoms with Gasteiger partial charge in [0.25, 0.3) is 0 Å². The number of nitrogens with zero attached hydrogens (tertiary/aromatic N) is 5. The van der Waals surface area contributed by atoms with E-state index in [1.165, 1.54) is 25.0 Å². The number of hydrogen-bond acceptors (Lipinski definition) is 4. The third kappa shape index (κ3) is 2.63. The van der Waals surface area contributed by atoms with Gasteiger partial charge in [-0.2, -0.15) is 0 Å². The highest BCUT2D eigenvalue weighted by Crippen LogP contribution is 2.39. The van der Waals surface area contributed by atoms with Crippen molar-refractivity contribution in [3.8, 4) is 0 Å². The van der Waals surface area contributed by atoms with E-state index in [2.05, 4.69) is 31.2 Å². The fourth-order valence-corrected chi connectivity index (χ4v) is 3.76. The molecule has 0 saturated heterocycles. The zero-order chi connectivity index (χ0) is 16.0. The number of fused-ring (bicyclic) bond motifs is 1. The van der Waals surface area contributed by atoms with Crippen LogP contribution in [0.25, 0.3) is 11.0 Å². The first-order chi connectivity index (χ1) is 11.2. The second-order valence-corrected chi connectivity index (χ2v) is 6.81. The topological polar surface area (TPSA) is 48.5 Å². The monoisotopic (exact) mass is 331 g/mol. The Morgan fingerprint density at radius 3 is 2.87 bits per heavy atom. The van der Waals surface area contributed by atoms with Gasteiger partial charge in [-0.1, -0.05) is 11.8 Å². The predicted octanol–water partition coefficient (Wildman–Crippen LogP) is 3.49. The van der Waals surface area contributed by atoms with E-state index in [4.69, 9.17) is 0 Å². The van der Waals surface area contributed by atoms with Crippen molar-refractivity contribution < 1.29 is 4.39 Å². The molecule has 0 bridgehead atoms. The van der Waals surface area contributed by atoms with Gasteiger partial charge >= 0.3 is 0 Å². The van der Waals surface area contributed by atoms with E-state index in [0.29, 0.717) is 17.2 Å². The SMILES string of the molecule is CCn1c(CSc2nnc(C3CC3)n2C)nc2cc(F)ccc21. The molecule has 0 atom stereocenters. The standard InChI is InChI=1S/C16H18FN5S/c1-3-22-13-7-6-11(17)8-12(13)18-14(22)9-23-16-20-19-15(21(16)2)10-4-5-10/h6-8,10H,3-5,9H2,1-2H3. The van der Waals surface area contributed by atoms with Gasteiger partial charge in [0.05, 0.1) is 16.8 Å². The minimum Gasteiger partial charge on any atom is -0.328 e. The second kappa shape index (κ2) is 5.63. The van der Waals surface area contributed by atoms with E-state index >= 15 is 0 Å². The maximum Gasteiger partial charge on any atom is 0.191 e. The van der Waals surface area contributed by atoms with E-state index in [1.54, 1.807) is 17.8 Å². The maximum atomic E-state index is 13.4. The Bertz CT molecular complexity index is 865. The van der Waals surface area contributed by atoms with Gasteiger partial charge in [0.15, 0.2) is 5.16 Å². The minimum atomic E-state index is -0.250. The Morgan fingerprint density at radius 1 is 1.30 bits per heavy atom. The Balaban J connectivity index is 1.60. The van der Waals surface area contributed by atoms with Gasteiger partial charge in [-0.15, -0.1) is 10.2 Å². The third-order valence-electron chi connectivity index (χ3n) is 4.25. The number of imidazole rings is 1. The molecule has 4 rings (SSSR count). The van der Waals surface area contributed by atoms with Crippen LogP contribution in [0.1, 0.15) is 37.3 Å². The Hall–Kier alpha value is -1.89. The summed E-state index contributed by atoms with van der Waals surface area (Å²) in [6.07, 6.45) is 2.43. The first-order valence-electron chi connectivity index (χ1n) is 7.84. The Labute approximate surface area is 137 Å². The molecule has 2 aromatic heterocycles. The zero-order valence-electron chi connectivity index (χ0n) is 13.2. The van der Waals surface area contributed by atoms with Gasteiger partial charge in [0, 0.05) is 25.6 Å². The smallest absolute Gasteiger partial charge is 0.191 e. The molecule has 0 aliphatic heterocycles. The maximum absolute atomic E-state index is 13.4. The summed E-state index contributed by atoms with van der Waals surface area (Å²) in [6, 6.07) is 4.77. The quantitative estimate of drug-likeness (QED) is 0.672. The van der Waals surface area contributed by atoms with Crippen LogP contribution in [0.15, 0.2) is 23.4 Å². The molecule has 120 valence electrons. The van der Waals surface area contributed by atoms with Crippen molar-refractivity contribution in [2.24, 2.45) is 7.05 Å². The van der Waals surface area contributed by atoms with Crippen molar-refractivity contribution in [3.05, 3.63) is 35.7 Å². The molecule has 0 radical (unpaired) electrons. The van der Waals surface area contributed by atoms with Gasteiger partial charge in [0.2, 0.25) is 0 Å². The summed E-state index contributed by atoms with van der Waals surface area (Å²) in [4.78, 5) is 4.59. The predicted molar refractivity (Wildman–Crippen MR) is 87.9 cm³/mol. The fourth-order valence-electron chi connectivity index (χ4n) is 2.89. The molecule has 1 saturated carbocycles. The molecule has 0 spiro atoms. The number of halogens is 1. The largest absolute Gasteiger partial charge is 0.328 e. The van der Waals surface area contributed by atoms with Crippen LogP contribution < -0.4 is 0 Å². The van der Waals surface area contributed by atoms with E-state index in [1.807, 2.05) is 7.05 Å². The summed E-state index contributed by atoms with van der Waals surface area (Å²) in [5, 5.41) is 9.51. The molecule has 2 heterocycles.